The van der Waals surface area contributed by atoms with E-state index in [1.807, 2.05) is 44.2 Å². The minimum atomic E-state index is -0.680. The van der Waals surface area contributed by atoms with E-state index in [-0.39, 0.29) is 28.8 Å². The second-order valence-electron chi connectivity index (χ2n) is 12.7. The number of hydrogen-bond donors (Lipinski definition) is 3. The van der Waals surface area contributed by atoms with Gasteiger partial charge in [-0.15, -0.1) is 0 Å². The zero-order valence-electron chi connectivity index (χ0n) is 28.9. The van der Waals surface area contributed by atoms with Gasteiger partial charge in [-0.2, -0.15) is 0 Å². The normalized spacial score (nSPS) is 16.7. The number of amides is 2. The molecule has 3 aromatic rings. The van der Waals surface area contributed by atoms with Crippen LogP contribution in [0.5, 0.6) is 17.2 Å². The lowest BCUT2D eigenvalue weighted by Crippen LogP contribution is -2.40. The molecule has 0 radical (unpaired) electrons. The molecule has 1 saturated heterocycles. The number of ether oxygens (including phenoxy) is 3. The summed E-state index contributed by atoms with van der Waals surface area (Å²) in [6.07, 6.45) is 5.45. The van der Waals surface area contributed by atoms with Gasteiger partial charge in [0.1, 0.15) is 6.04 Å². The predicted octanol–water partition coefficient (Wildman–Crippen LogP) is 6.32. The van der Waals surface area contributed by atoms with Crippen molar-refractivity contribution in [2.45, 2.75) is 71.4 Å². The minimum Gasteiger partial charge on any atom is -0.493 e. The minimum absolute atomic E-state index is 0.0808. The number of hydrogen-bond acceptors (Lipinski definition) is 8. The molecule has 0 spiro atoms. The Morgan fingerprint density at radius 3 is 2.38 bits per heavy atom. The van der Waals surface area contributed by atoms with E-state index in [0.717, 1.165) is 60.4 Å². The van der Waals surface area contributed by atoms with E-state index in [0.29, 0.717) is 35.7 Å². The second kappa shape index (κ2) is 15.4. The first-order chi connectivity index (χ1) is 23.2. The average Bonchev–Trinajstić information content (AvgIpc) is 3.34. The van der Waals surface area contributed by atoms with Crippen LogP contribution in [-0.4, -0.2) is 52.3 Å². The highest BCUT2D eigenvalue weighted by Gasteiger charge is 2.30. The molecule has 10 nitrogen and oxygen atoms in total. The average molecular weight is 657 g/mol. The Labute approximate surface area is 283 Å². The molecule has 0 aromatic heterocycles. The van der Waals surface area contributed by atoms with Crippen LogP contribution in [0.1, 0.15) is 70.0 Å². The topological polar surface area (TPSA) is 118 Å². The van der Waals surface area contributed by atoms with E-state index in [1.54, 1.807) is 33.5 Å². The number of methoxy groups -OCH3 is 3. The Morgan fingerprint density at radius 2 is 1.71 bits per heavy atom. The molecule has 2 amide bonds. The van der Waals surface area contributed by atoms with Gasteiger partial charge < -0.3 is 35.1 Å². The van der Waals surface area contributed by atoms with Crippen molar-refractivity contribution < 1.29 is 23.8 Å². The van der Waals surface area contributed by atoms with Crippen LogP contribution in [0.15, 0.2) is 53.3 Å². The molecule has 48 heavy (non-hydrogen) atoms. The lowest BCUT2D eigenvalue weighted by molar-refractivity contribution is -0.120. The maximum absolute atomic E-state index is 14.0. The molecule has 0 unspecified atom stereocenters. The van der Waals surface area contributed by atoms with Crippen LogP contribution >= 0.6 is 0 Å². The fourth-order valence-corrected chi connectivity index (χ4v) is 6.85. The van der Waals surface area contributed by atoms with Gasteiger partial charge in [-0.25, -0.2) is 0 Å². The number of benzene rings is 2. The molecular formula is C38H48N4O6. The Bertz CT molecular complexity index is 1700. The smallest absolute Gasteiger partial charge is 0.247 e. The monoisotopic (exact) mass is 656 g/mol. The third-order valence-electron chi connectivity index (χ3n) is 9.56. The molecule has 3 N–H and O–H groups in total. The van der Waals surface area contributed by atoms with Crippen molar-refractivity contribution in [3.05, 3.63) is 69.9 Å². The number of nitrogens with zero attached hydrogens (tertiary/aromatic N) is 1. The Kier molecular flexibility index (Phi) is 11.1. The molecule has 10 heteroatoms. The summed E-state index contributed by atoms with van der Waals surface area (Å²) >= 11 is 0. The molecule has 5 rings (SSSR count). The molecule has 2 aliphatic rings. The highest BCUT2D eigenvalue weighted by molar-refractivity contribution is 5.97. The lowest BCUT2D eigenvalue weighted by atomic mass is 9.95. The third kappa shape index (κ3) is 7.37. The number of anilines is 3. The zero-order chi connectivity index (χ0) is 34.4. The maximum atomic E-state index is 14.0. The third-order valence-corrected chi connectivity index (χ3v) is 9.56. The van der Waals surface area contributed by atoms with Gasteiger partial charge in [-0.1, -0.05) is 32.4 Å². The molecule has 3 aromatic carbocycles. The maximum Gasteiger partial charge on any atom is 0.247 e. The summed E-state index contributed by atoms with van der Waals surface area (Å²) in [6.45, 7) is 7.51. The zero-order valence-corrected chi connectivity index (χ0v) is 28.9. The predicted molar refractivity (Wildman–Crippen MR) is 191 cm³/mol. The van der Waals surface area contributed by atoms with Crippen molar-refractivity contribution in [2.24, 2.45) is 5.92 Å². The standard InChI is InChI=1S/C38H48N4O6/c1-7-23(2)35(38(45)40-26-12-11-13-27(21-26)42-18-9-8-10-19-42)41-31-17-15-28-29(22-32(31)44)30(39-24(3)43)16-14-25-20-33(46-4)36(47-5)37(48-6)34(25)28/h11-13,15,17,20-23,30,35H,7-10,14,16,18-19H2,1-6H3,(H,39,43)(H,40,45)(H,41,44)/t23-,30+,35+/m1/s1. The Morgan fingerprint density at radius 1 is 0.958 bits per heavy atom. The van der Waals surface area contributed by atoms with Crippen LogP contribution in [0.2, 0.25) is 0 Å². The number of fused-ring (bicyclic) bond motifs is 3. The van der Waals surface area contributed by atoms with Crippen LogP contribution in [0.3, 0.4) is 0 Å². The number of aryl methyl sites for hydroxylation is 1. The van der Waals surface area contributed by atoms with Gasteiger partial charge in [-0.3, -0.25) is 14.4 Å². The van der Waals surface area contributed by atoms with Crippen LogP contribution in [0.25, 0.3) is 11.1 Å². The molecule has 256 valence electrons. The Balaban J connectivity index is 1.54. The number of carbonyl (C=O) groups excluding carboxylic acids is 2. The van der Waals surface area contributed by atoms with Gasteiger partial charge in [-0.05, 0) is 91.1 Å². The molecule has 0 bridgehead atoms. The summed E-state index contributed by atoms with van der Waals surface area (Å²) in [5.41, 5.74) is 4.90. The van der Waals surface area contributed by atoms with Crippen LogP contribution in [0, 0.1) is 5.92 Å². The molecule has 1 aliphatic heterocycles. The quantitative estimate of drug-likeness (QED) is 0.220. The van der Waals surface area contributed by atoms with Gasteiger partial charge in [0.15, 0.2) is 11.5 Å². The second-order valence-corrected chi connectivity index (χ2v) is 12.7. The van der Waals surface area contributed by atoms with E-state index in [2.05, 4.69) is 26.9 Å². The summed E-state index contributed by atoms with van der Waals surface area (Å²) in [5, 5.41) is 9.45. The van der Waals surface area contributed by atoms with Crippen molar-refractivity contribution in [3.63, 3.8) is 0 Å². The molecule has 1 fully saturated rings. The van der Waals surface area contributed by atoms with E-state index in [9.17, 15) is 14.4 Å². The summed E-state index contributed by atoms with van der Waals surface area (Å²) < 4.78 is 17.2. The largest absolute Gasteiger partial charge is 0.493 e. The fraction of sp³-hybridized carbons (Fsp3) is 0.447. The van der Waals surface area contributed by atoms with Crippen molar-refractivity contribution in [1.82, 2.24) is 5.32 Å². The first-order valence-corrected chi connectivity index (χ1v) is 16.9. The van der Waals surface area contributed by atoms with E-state index in [4.69, 9.17) is 14.2 Å². The Hall–Kier alpha value is -4.73. The van der Waals surface area contributed by atoms with Crippen molar-refractivity contribution in [2.75, 3.05) is 50.0 Å². The summed E-state index contributed by atoms with van der Waals surface area (Å²) in [6, 6.07) is 13.9. The summed E-state index contributed by atoms with van der Waals surface area (Å²) in [7, 11) is 4.70. The van der Waals surface area contributed by atoms with Crippen molar-refractivity contribution in [1.29, 1.82) is 0 Å². The summed E-state index contributed by atoms with van der Waals surface area (Å²) in [5.74, 6) is 0.953. The molecule has 1 aliphatic carbocycles. The van der Waals surface area contributed by atoms with Crippen LogP contribution in [0.4, 0.5) is 17.1 Å². The number of piperidine rings is 1. The van der Waals surface area contributed by atoms with E-state index in [1.165, 1.54) is 13.3 Å². The fourth-order valence-electron chi connectivity index (χ4n) is 6.85. The highest BCUT2D eigenvalue weighted by Crippen LogP contribution is 2.50. The highest BCUT2D eigenvalue weighted by atomic mass is 16.5. The van der Waals surface area contributed by atoms with Gasteiger partial charge in [0, 0.05) is 37.0 Å². The van der Waals surface area contributed by atoms with Gasteiger partial charge in [0.2, 0.25) is 23.0 Å². The van der Waals surface area contributed by atoms with Crippen molar-refractivity contribution >= 4 is 28.9 Å². The lowest BCUT2D eigenvalue weighted by Gasteiger charge is -2.29. The molecule has 0 saturated carbocycles. The molecular weight excluding hydrogens is 608 g/mol. The number of rotatable bonds is 11. The van der Waals surface area contributed by atoms with Gasteiger partial charge in [0.25, 0.3) is 0 Å². The molecule has 3 atom stereocenters. The van der Waals surface area contributed by atoms with Crippen molar-refractivity contribution in [3.8, 4) is 28.4 Å². The van der Waals surface area contributed by atoms with E-state index >= 15 is 0 Å². The first kappa shape index (κ1) is 34.6. The van der Waals surface area contributed by atoms with Gasteiger partial charge in [0.05, 0.1) is 33.1 Å². The SMILES string of the molecule is CC[C@@H](C)[C@H](Nc1ccc2c(cc1=O)[C@@H](NC(C)=O)CCc1cc(OC)c(OC)c(OC)c1-2)C(=O)Nc1cccc(N2CCCCC2)c1. The van der Waals surface area contributed by atoms with Crippen LogP contribution in [-0.2, 0) is 16.0 Å². The number of nitrogens with one attached hydrogen (secondary N) is 3. The molecule has 1 heterocycles. The number of carbonyl (C=O) groups is 2. The first-order valence-electron chi connectivity index (χ1n) is 16.9. The van der Waals surface area contributed by atoms with Gasteiger partial charge >= 0.3 is 0 Å². The summed E-state index contributed by atoms with van der Waals surface area (Å²) in [4.78, 5) is 42.5. The van der Waals surface area contributed by atoms with E-state index < -0.39 is 12.1 Å². The van der Waals surface area contributed by atoms with Crippen LogP contribution < -0.4 is 40.5 Å².